The third-order valence-corrected chi connectivity index (χ3v) is 4.11. The lowest BCUT2D eigenvalue weighted by molar-refractivity contribution is 0.101. The Labute approximate surface area is 143 Å². The number of rotatable bonds is 5. The second kappa shape index (κ2) is 7.88. The summed E-state index contributed by atoms with van der Waals surface area (Å²) < 4.78 is 0. The van der Waals surface area contributed by atoms with Crippen LogP contribution in [0.25, 0.3) is 0 Å². The molecule has 0 aliphatic rings. The molecule has 0 spiro atoms. The Hall–Kier alpha value is -2.20. The molecule has 0 fully saturated rings. The van der Waals surface area contributed by atoms with Crippen molar-refractivity contribution in [1.29, 1.82) is 0 Å². The number of benzene rings is 2. The van der Waals surface area contributed by atoms with Gasteiger partial charge in [-0.25, -0.2) is 0 Å². The Balaban J connectivity index is 2.06. The summed E-state index contributed by atoms with van der Waals surface area (Å²) >= 11 is 5.40. The minimum absolute atomic E-state index is 0.0553. The zero-order chi connectivity index (χ0) is 16.8. The summed E-state index contributed by atoms with van der Waals surface area (Å²) in [6.07, 6.45) is 1.07. The van der Waals surface area contributed by atoms with E-state index in [0.29, 0.717) is 16.6 Å². The molecule has 2 N–H and O–H groups in total. The van der Waals surface area contributed by atoms with Crippen LogP contribution in [0, 0.1) is 0 Å². The van der Waals surface area contributed by atoms with E-state index in [0.717, 1.165) is 17.8 Å². The molecule has 0 saturated heterocycles. The van der Waals surface area contributed by atoms with Crippen LogP contribution in [0.1, 0.15) is 49.0 Å². The number of hydrogen-bond donors (Lipinski definition) is 2. The SMILES string of the molecule is CC[C@H](C)c1ccccc1NC(=S)Nc1ccc(C(C)=O)cc1. The first kappa shape index (κ1) is 17.2. The highest BCUT2D eigenvalue weighted by Gasteiger charge is 2.09. The number of anilines is 2. The van der Waals surface area contributed by atoms with Crippen LogP contribution >= 0.6 is 12.2 Å². The van der Waals surface area contributed by atoms with E-state index >= 15 is 0 Å². The number of nitrogens with one attached hydrogen (secondary N) is 2. The van der Waals surface area contributed by atoms with Gasteiger partial charge in [-0.2, -0.15) is 0 Å². The van der Waals surface area contributed by atoms with E-state index < -0.39 is 0 Å². The van der Waals surface area contributed by atoms with Crippen molar-refractivity contribution in [2.75, 3.05) is 10.6 Å². The van der Waals surface area contributed by atoms with E-state index in [4.69, 9.17) is 12.2 Å². The Morgan fingerprint density at radius 2 is 1.74 bits per heavy atom. The van der Waals surface area contributed by atoms with E-state index in [-0.39, 0.29) is 5.78 Å². The summed E-state index contributed by atoms with van der Waals surface area (Å²) in [5.41, 5.74) is 3.83. The Bertz CT molecular complexity index is 695. The molecule has 1 atom stereocenters. The predicted octanol–water partition coefficient (Wildman–Crippen LogP) is 5.21. The molecular formula is C19H22N2OS. The van der Waals surface area contributed by atoms with Crippen molar-refractivity contribution in [1.82, 2.24) is 0 Å². The van der Waals surface area contributed by atoms with Crippen molar-refractivity contribution in [3.8, 4) is 0 Å². The van der Waals surface area contributed by atoms with Gasteiger partial charge in [0.25, 0.3) is 0 Å². The number of para-hydroxylation sites is 1. The Morgan fingerprint density at radius 1 is 1.09 bits per heavy atom. The Kier molecular flexibility index (Phi) is 5.88. The van der Waals surface area contributed by atoms with Crippen molar-refractivity contribution < 1.29 is 4.79 Å². The summed E-state index contributed by atoms with van der Waals surface area (Å²) in [5, 5.41) is 6.95. The zero-order valence-corrected chi connectivity index (χ0v) is 14.5. The van der Waals surface area contributed by atoms with Crippen molar-refractivity contribution >= 4 is 34.5 Å². The number of Topliss-reactive ketones (excluding diaryl/α,β-unsaturated/α-hetero) is 1. The summed E-state index contributed by atoms with van der Waals surface area (Å²) in [5.74, 6) is 0.524. The Morgan fingerprint density at radius 3 is 2.35 bits per heavy atom. The van der Waals surface area contributed by atoms with Crippen LogP contribution in [0.3, 0.4) is 0 Å². The first-order valence-corrected chi connectivity index (χ1v) is 8.20. The fourth-order valence-electron chi connectivity index (χ4n) is 2.33. The zero-order valence-electron chi connectivity index (χ0n) is 13.7. The summed E-state index contributed by atoms with van der Waals surface area (Å²) in [4.78, 5) is 11.3. The molecule has 0 bridgehead atoms. The number of carbonyl (C=O) groups excluding carboxylic acids is 1. The molecule has 0 radical (unpaired) electrons. The predicted molar refractivity (Wildman–Crippen MR) is 101 cm³/mol. The summed E-state index contributed by atoms with van der Waals surface area (Å²) in [6.45, 7) is 5.94. The summed E-state index contributed by atoms with van der Waals surface area (Å²) in [6, 6.07) is 15.5. The van der Waals surface area contributed by atoms with E-state index in [1.54, 1.807) is 19.1 Å². The summed E-state index contributed by atoms with van der Waals surface area (Å²) in [7, 11) is 0. The molecule has 0 aromatic heterocycles. The molecule has 0 heterocycles. The lowest BCUT2D eigenvalue weighted by Crippen LogP contribution is -2.20. The van der Waals surface area contributed by atoms with Gasteiger partial charge in [0.2, 0.25) is 0 Å². The lowest BCUT2D eigenvalue weighted by atomic mass is 9.97. The standard InChI is InChI=1S/C19H22N2OS/c1-4-13(2)17-7-5-6-8-18(17)21-19(23)20-16-11-9-15(10-12-16)14(3)22/h5-13H,4H2,1-3H3,(H2,20,21,23)/t13-/m0/s1. The average molecular weight is 326 g/mol. The number of thiocarbonyl (C=S) groups is 1. The van der Waals surface area contributed by atoms with Gasteiger partial charge in [0, 0.05) is 16.9 Å². The minimum atomic E-state index is 0.0553. The van der Waals surface area contributed by atoms with Crippen LogP contribution in [-0.4, -0.2) is 10.9 Å². The van der Waals surface area contributed by atoms with Gasteiger partial charge in [0.15, 0.2) is 10.9 Å². The van der Waals surface area contributed by atoms with E-state index in [1.165, 1.54) is 5.56 Å². The largest absolute Gasteiger partial charge is 0.332 e. The third-order valence-electron chi connectivity index (χ3n) is 3.90. The van der Waals surface area contributed by atoms with Crippen LogP contribution < -0.4 is 10.6 Å². The molecule has 23 heavy (non-hydrogen) atoms. The molecule has 2 aromatic carbocycles. The first-order valence-electron chi connectivity index (χ1n) is 7.79. The maximum absolute atomic E-state index is 11.3. The van der Waals surface area contributed by atoms with Crippen LogP contribution in [-0.2, 0) is 0 Å². The lowest BCUT2D eigenvalue weighted by Gasteiger charge is -2.17. The molecule has 2 aromatic rings. The molecular weight excluding hydrogens is 304 g/mol. The molecule has 0 unspecified atom stereocenters. The number of ketones is 1. The fourth-order valence-corrected chi connectivity index (χ4v) is 2.56. The molecule has 0 aliphatic heterocycles. The van der Waals surface area contributed by atoms with Gasteiger partial charge >= 0.3 is 0 Å². The monoisotopic (exact) mass is 326 g/mol. The van der Waals surface area contributed by atoms with Gasteiger partial charge in [0.05, 0.1) is 0 Å². The quantitative estimate of drug-likeness (QED) is 0.584. The minimum Gasteiger partial charge on any atom is -0.332 e. The second-order valence-corrected chi connectivity index (χ2v) is 6.02. The van der Waals surface area contributed by atoms with Crippen LogP contribution in [0.15, 0.2) is 48.5 Å². The second-order valence-electron chi connectivity index (χ2n) is 5.61. The smallest absolute Gasteiger partial charge is 0.175 e. The van der Waals surface area contributed by atoms with Gasteiger partial charge in [0.1, 0.15) is 0 Å². The van der Waals surface area contributed by atoms with Crippen molar-refractivity contribution in [2.45, 2.75) is 33.1 Å². The van der Waals surface area contributed by atoms with Gasteiger partial charge in [-0.15, -0.1) is 0 Å². The average Bonchev–Trinajstić information content (AvgIpc) is 2.55. The van der Waals surface area contributed by atoms with E-state index in [2.05, 4.69) is 30.5 Å². The van der Waals surface area contributed by atoms with Crippen LogP contribution in [0.2, 0.25) is 0 Å². The molecule has 3 nitrogen and oxygen atoms in total. The van der Waals surface area contributed by atoms with Gasteiger partial charge in [-0.05, 0) is 67.4 Å². The highest BCUT2D eigenvalue weighted by atomic mass is 32.1. The van der Waals surface area contributed by atoms with Gasteiger partial charge < -0.3 is 10.6 Å². The molecule has 0 aliphatic carbocycles. The van der Waals surface area contributed by atoms with E-state index in [9.17, 15) is 4.79 Å². The molecule has 120 valence electrons. The topological polar surface area (TPSA) is 41.1 Å². The number of hydrogen-bond acceptors (Lipinski definition) is 2. The third kappa shape index (κ3) is 4.63. The van der Waals surface area contributed by atoms with E-state index in [1.807, 2.05) is 30.3 Å². The van der Waals surface area contributed by atoms with Gasteiger partial charge in [-0.1, -0.05) is 32.0 Å². The van der Waals surface area contributed by atoms with Crippen molar-refractivity contribution in [2.24, 2.45) is 0 Å². The van der Waals surface area contributed by atoms with Crippen molar-refractivity contribution in [3.63, 3.8) is 0 Å². The maximum Gasteiger partial charge on any atom is 0.175 e. The van der Waals surface area contributed by atoms with Crippen LogP contribution in [0.4, 0.5) is 11.4 Å². The normalized spacial score (nSPS) is 11.6. The number of carbonyl (C=O) groups is 1. The fraction of sp³-hybridized carbons (Fsp3) is 0.263. The van der Waals surface area contributed by atoms with Crippen LogP contribution in [0.5, 0.6) is 0 Å². The molecule has 4 heteroatoms. The van der Waals surface area contributed by atoms with Crippen molar-refractivity contribution in [3.05, 3.63) is 59.7 Å². The highest BCUT2D eigenvalue weighted by molar-refractivity contribution is 7.80. The van der Waals surface area contributed by atoms with Gasteiger partial charge in [-0.3, -0.25) is 4.79 Å². The molecule has 2 rings (SSSR count). The first-order chi connectivity index (χ1) is 11.0. The highest BCUT2D eigenvalue weighted by Crippen LogP contribution is 2.26. The maximum atomic E-state index is 11.3. The molecule has 0 amide bonds. The molecule has 0 saturated carbocycles.